The highest BCUT2D eigenvalue weighted by Crippen LogP contribution is 2.00. The summed E-state index contributed by atoms with van der Waals surface area (Å²) in [5.41, 5.74) is 0. The number of hydrogen-bond donors (Lipinski definition) is 1. The van der Waals surface area contributed by atoms with Crippen molar-refractivity contribution in [2.45, 2.75) is 12.8 Å². The van der Waals surface area contributed by atoms with Gasteiger partial charge in [-0.15, -0.1) is 0 Å². The molecule has 0 atom stereocenters. The molecular weight excluding hydrogens is 156 g/mol. The molecule has 0 heterocycles. The number of carboxylic acids is 1. The Balaban J connectivity index is 3.30. The van der Waals surface area contributed by atoms with Crippen LogP contribution in [0.25, 0.3) is 0 Å². The highest BCUT2D eigenvalue weighted by atomic mass is 32.2. The molecule has 1 N–H and O–H groups in total. The van der Waals surface area contributed by atoms with Gasteiger partial charge in [0.1, 0.15) is 0 Å². The molecule has 0 aliphatic heterocycles. The molecule has 0 saturated carbocycles. The van der Waals surface area contributed by atoms with Gasteiger partial charge in [-0.3, -0.25) is 9.59 Å². The van der Waals surface area contributed by atoms with Crippen molar-refractivity contribution in [1.82, 2.24) is 0 Å². The van der Waals surface area contributed by atoms with Crippen molar-refractivity contribution in [3.63, 3.8) is 0 Å². The van der Waals surface area contributed by atoms with Crippen molar-refractivity contribution < 1.29 is 18.9 Å². The predicted octanol–water partition coefficient (Wildman–Crippen LogP) is 0.672. The minimum Gasteiger partial charge on any atom is -0.481 e. The van der Waals surface area contributed by atoms with Crippen molar-refractivity contribution >= 4 is 24.0 Å². The average molecular weight is 164 g/mol. The second kappa shape index (κ2) is 5.10. The van der Waals surface area contributed by atoms with E-state index in [1.807, 2.05) is 0 Å². The minimum atomic E-state index is -0.988. The zero-order chi connectivity index (χ0) is 7.98. The van der Waals surface area contributed by atoms with Gasteiger partial charge in [-0.05, 0) is 0 Å². The molecule has 0 aromatic rings. The lowest BCUT2D eigenvalue weighted by Gasteiger charge is -1.95. The SMILES string of the molecule is CSOC(=O)CCC(=O)O. The molecule has 58 valence electrons. The van der Waals surface area contributed by atoms with Crippen LogP contribution in [-0.4, -0.2) is 23.3 Å². The smallest absolute Gasteiger partial charge is 0.318 e. The Bertz CT molecular complexity index is 134. The zero-order valence-corrected chi connectivity index (χ0v) is 6.31. The Kier molecular flexibility index (Phi) is 4.74. The quantitative estimate of drug-likeness (QED) is 0.619. The maximum absolute atomic E-state index is 10.4. The molecule has 0 radical (unpaired) electrons. The summed E-state index contributed by atoms with van der Waals surface area (Å²) in [4.78, 5) is 20.3. The third-order valence-corrected chi connectivity index (χ3v) is 1.07. The van der Waals surface area contributed by atoms with Gasteiger partial charge in [-0.25, -0.2) is 0 Å². The molecule has 0 rings (SSSR count). The summed E-state index contributed by atoms with van der Waals surface area (Å²) >= 11 is 0.919. The second-order valence-electron chi connectivity index (χ2n) is 1.52. The minimum absolute atomic E-state index is 0.0594. The lowest BCUT2D eigenvalue weighted by molar-refractivity contribution is -0.141. The maximum Gasteiger partial charge on any atom is 0.318 e. The zero-order valence-electron chi connectivity index (χ0n) is 5.49. The van der Waals surface area contributed by atoms with E-state index < -0.39 is 11.9 Å². The first kappa shape index (κ1) is 9.29. The van der Waals surface area contributed by atoms with E-state index >= 15 is 0 Å². The maximum atomic E-state index is 10.4. The average Bonchev–Trinajstić information content (AvgIpc) is 1.85. The number of carboxylic acid groups (broad SMARTS) is 1. The normalized spacial score (nSPS) is 8.90. The van der Waals surface area contributed by atoms with Crippen LogP contribution in [0.5, 0.6) is 0 Å². The molecule has 4 nitrogen and oxygen atoms in total. The van der Waals surface area contributed by atoms with Gasteiger partial charge in [-0.2, -0.15) is 0 Å². The monoisotopic (exact) mass is 164 g/mol. The van der Waals surface area contributed by atoms with Crippen LogP contribution >= 0.6 is 12.0 Å². The second-order valence-corrected chi connectivity index (χ2v) is 2.02. The van der Waals surface area contributed by atoms with Gasteiger partial charge in [0.15, 0.2) is 0 Å². The third kappa shape index (κ3) is 5.43. The molecular formula is C5H8O4S. The molecule has 10 heavy (non-hydrogen) atoms. The summed E-state index contributed by atoms with van der Waals surface area (Å²) in [6.45, 7) is 0. The summed E-state index contributed by atoms with van der Waals surface area (Å²) in [7, 11) is 0. The van der Waals surface area contributed by atoms with E-state index in [0.717, 1.165) is 12.0 Å². The highest BCUT2D eigenvalue weighted by Gasteiger charge is 2.04. The van der Waals surface area contributed by atoms with Crippen molar-refractivity contribution in [2.24, 2.45) is 0 Å². The molecule has 0 unspecified atom stereocenters. The Labute approximate surface area is 62.8 Å². The van der Waals surface area contributed by atoms with Gasteiger partial charge in [-0.1, -0.05) is 0 Å². The Morgan fingerprint density at radius 2 is 2.10 bits per heavy atom. The molecule has 0 fully saturated rings. The van der Waals surface area contributed by atoms with Crippen molar-refractivity contribution in [3.05, 3.63) is 0 Å². The van der Waals surface area contributed by atoms with Crippen LogP contribution in [0.3, 0.4) is 0 Å². The van der Waals surface area contributed by atoms with Crippen LogP contribution in [0, 0.1) is 0 Å². The Morgan fingerprint density at radius 1 is 1.50 bits per heavy atom. The molecule has 0 aliphatic carbocycles. The molecule has 0 saturated heterocycles. The summed E-state index contributed by atoms with van der Waals surface area (Å²) in [6, 6.07) is 0. The van der Waals surface area contributed by atoms with Crippen LogP contribution in [0.15, 0.2) is 0 Å². The van der Waals surface area contributed by atoms with Gasteiger partial charge in [0, 0.05) is 6.26 Å². The van der Waals surface area contributed by atoms with Crippen molar-refractivity contribution in [1.29, 1.82) is 0 Å². The van der Waals surface area contributed by atoms with Gasteiger partial charge in [0.2, 0.25) is 0 Å². The predicted molar refractivity (Wildman–Crippen MR) is 36.5 cm³/mol. The largest absolute Gasteiger partial charge is 0.481 e. The van der Waals surface area contributed by atoms with Crippen LogP contribution in [-0.2, 0) is 13.8 Å². The number of carbonyl (C=O) groups is 2. The van der Waals surface area contributed by atoms with E-state index in [1.54, 1.807) is 6.26 Å². The number of carbonyl (C=O) groups excluding carboxylic acids is 1. The number of rotatable bonds is 4. The fraction of sp³-hybridized carbons (Fsp3) is 0.600. The topological polar surface area (TPSA) is 63.6 Å². The van der Waals surface area contributed by atoms with Crippen LogP contribution in [0.1, 0.15) is 12.8 Å². The number of hydrogen-bond acceptors (Lipinski definition) is 4. The van der Waals surface area contributed by atoms with E-state index in [2.05, 4.69) is 4.18 Å². The first-order valence-corrected chi connectivity index (χ1v) is 3.77. The summed E-state index contributed by atoms with van der Waals surface area (Å²) in [5.74, 6) is -1.48. The van der Waals surface area contributed by atoms with E-state index in [0.29, 0.717) is 0 Å². The standard InChI is InChI=1S/C5H8O4S/c1-10-9-5(8)3-2-4(6)7/h2-3H2,1H3,(H,6,7). The Hall–Kier alpha value is -0.710. The first-order chi connectivity index (χ1) is 4.66. The van der Waals surface area contributed by atoms with E-state index in [-0.39, 0.29) is 12.8 Å². The molecule has 0 aromatic carbocycles. The van der Waals surface area contributed by atoms with E-state index in [9.17, 15) is 9.59 Å². The summed E-state index contributed by atoms with van der Waals surface area (Å²) < 4.78 is 4.41. The molecule has 0 aliphatic rings. The number of aliphatic carboxylic acids is 1. The first-order valence-electron chi connectivity index (χ1n) is 2.62. The lowest BCUT2D eigenvalue weighted by atomic mass is 10.3. The van der Waals surface area contributed by atoms with Gasteiger partial charge < -0.3 is 9.29 Å². The van der Waals surface area contributed by atoms with E-state index in [1.165, 1.54) is 0 Å². The molecule has 0 aromatic heterocycles. The van der Waals surface area contributed by atoms with Crippen LogP contribution in [0.2, 0.25) is 0 Å². The van der Waals surface area contributed by atoms with Crippen LogP contribution in [0.4, 0.5) is 0 Å². The summed E-state index contributed by atoms with van der Waals surface area (Å²) in [5, 5.41) is 8.12. The van der Waals surface area contributed by atoms with Crippen LogP contribution < -0.4 is 0 Å². The fourth-order valence-electron chi connectivity index (χ4n) is 0.344. The van der Waals surface area contributed by atoms with Gasteiger partial charge >= 0.3 is 11.9 Å². The van der Waals surface area contributed by atoms with Gasteiger partial charge in [0.05, 0.1) is 24.9 Å². The van der Waals surface area contributed by atoms with Crippen molar-refractivity contribution in [3.8, 4) is 0 Å². The molecule has 5 heteroatoms. The lowest BCUT2D eigenvalue weighted by Crippen LogP contribution is -2.03. The Morgan fingerprint density at radius 3 is 2.50 bits per heavy atom. The third-order valence-electron chi connectivity index (χ3n) is 0.719. The molecule has 0 amide bonds. The fourth-order valence-corrected chi connectivity index (χ4v) is 0.613. The molecule has 0 spiro atoms. The summed E-state index contributed by atoms with van der Waals surface area (Å²) in [6.07, 6.45) is 1.37. The molecule has 0 bridgehead atoms. The highest BCUT2D eigenvalue weighted by molar-refractivity contribution is 7.94. The van der Waals surface area contributed by atoms with Gasteiger partial charge in [0.25, 0.3) is 0 Å². The van der Waals surface area contributed by atoms with Crippen molar-refractivity contribution in [2.75, 3.05) is 6.26 Å². The van der Waals surface area contributed by atoms with E-state index in [4.69, 9.17) is 5.11 Å².